The Morgan fingerprint density at radius 3 is 2.21 bits per heavy atom. The lowest BCUT2D eigenvalue weighted by Gasteiger charge is -2.12. The summed E-state index contributed by atoms with van der Waals surface area (Å²) in [5, 5.41) is 0. The number of carbonyl (C=O) groups excluding carboxylic acids is 2. The van der Waals surface area contributed by atoms with Crippen LogP contribution in [0.5, 0.6) is 11.5 Å². The fraction of sp³-hybridized carbons (Fsp3) is 0.263. The lowest BCUT2D eigenvalue weighted by atomic mass is 10.2. The van der Waals surface area contributed by atoms with Gasteiger partial charge in [-0.05, 0) is 43.7 Å². The van der Waals surface area contributed by atoms with Gasteiger partial charge in [0.15, 0.2) is 17.3 Å². The topological polar surface area (TPSA) is 111 Å². The third-order valence-electron chi connectivity index (χ3n) is 3.76. The Hall–Kier alpha value is -2.91. The van der Waals surface area contributed by atoms with Gasteiger partial charge in [0.25, 0.3) is 15.9 Å². The first-order valence-corrected chi connectivity index (χ1v) is 10.0. The number of carbonyl (C=O) groups is 2. The lowest BCUT2D eigenvalue weighted by Crippen LogP contribution is -2.41. The Balaban J connectivity index is 2.09. The zero-order valence-electron chi connectivity index (χ0n) is 15.8. The Bertz CT molecular complexity index is 955. The molecule has 150 valence electrons. The second kappa shape index (κ2) is 9.34. The van der Waals surface area contributed by atoms with Crippen LogP contribution >= 0.6 is 0 Å². The molecule has 2 rings (SSSR count). The molecule has 2 N–H and O–H groups in total. The highest BCUT2D eigenvalue weighted by atomic mass is 32.2. The van der Waals surface area contributed by atoms with Gasteiger partial charge in [0.2, 0.25) is 0 Å². The zero-order chi connectivity index (χ0) is 20.7. The quantitative estimate of drug-likeness (QED) is 0.488. The van der Waals surface area contributed by atoms with Gasteiger partial charge in [0.05, 0.1) is 18.6 Å². The molecule has 8 nitrogen and oxygen atoms in total. The molecule has 9 heteroatoms. The summed E-state index contributed by atoms with van der Waals surface area (Å²) < 4.78 is 35.3. The van der Waals surface area contributed by atoms with E-state index in [1.54, 1.807) is 6.07 Å². The van der Waals surface area contributed by atoms with E-state index >= 15 is 0 Å². The van der Waals surface area contributed by atoms with E-state index in [9.17, 15) is 18.0 Å². The number of rotatable bonds is 9. The minimum absolute atomic E-state index is 0.0845. The molecule has 0 saturated carbocycles. The molecule has 0 atom stereocenters. The molecular weight excluding hydrogens is 384 g/mol. The van der Waals surface area contributed by atoms with Crippen LogP contribution in [-0.4, -0.2) is 33.8 Å². The fourth-order valence-electron chi connectivity index (χ4n) is 2.25. The molecule has 0 bridgehead atoms. The number of nitrogens with one attached hydrogen (secondary N) is 2. The molecule has 0 aromatic heterocycles. The normalized spacial score (nSPS) is 11.0. The van der Waals surface area contributed by atoms with E-state index in [1.165, 1.54) is 50.4 Å². The number of sulfonamides is 1. The summed E-state index contributed by atoms with van der Waals surface area (Å²) in [5.74, 6) is 0.0191. The van der Waals surface area contributed by atoms with Gasteiger partial charge < -0.3 is 9.47 Å². The van der Waals surface area contributed by atoms with E-state index in [0.717, 1.165) is 6.42 Å². The monoisotopic (exact) mass is 406 g/mol. The molecule has 0 fully saturated rings. The molecule has 0 aliphatic heterocycles. The summed E-state index contributed by atoms with van der Waals surface area (Å²) in [6.07, 6.45) is 0.820. The largest absolute Gasteiger partial charge is 0.493 e. The van der Waals surface area contributed by atoms with Crippen molar-refractivity contribution >= 4 is 21.7 Å². The van der Waals surface area contributed by atoms with E-state index in [-0.39, 0.29) is 16.2 Å². The summed E-state index contributed by atoms with van der Waals surface area (Å²) in [6, 6.07) is 9.91. The van der Waals surface area contributed by atoms with Gasteiger partial charge in [-0.25, -0.2) is 8.42 Å². The van der Waals surface area contributed by atoms with Crippen molar-refractivity contribution in [2.75, 3.05) is 13.7 Å². The highest BCUT2D eigenvalue weighted by molar-refractivity contribution is 7.89. The average molecular weight is 406 g/mol. The summed E-state index contributed by atoms with van der Waals surface area (Å²) in [7, 11) is -2.54. The molecule has 0 spiro atoms. The van der Waals surface area contributed by atoms with Crippen molar-refractivity contribution in [3.8, 4) is 11.5 Å². The minimum Gasteiger partial charge on any atom is -0.493 e. The number of ketones is 1. The van der Waals surface area contributed by atoms with Crippen LogP contribution in [0.3, 0.4) is 0 Å². The number of benzene rings is 2. The molecule has 0 aliphatic carbocycles. The Labute approximate surface area is 163 Å². The van der Waals surface area contributed by atoms with Gasteiger partial charge >= 0.3 is 0 Å². The standard InChI is InChI=1S/C19H22N2O6S/c1-4-11-27-17-10-7-15(12-18(17)26-3)19(23)20-21-28(24,25)16-8-5-14(6-9-16)13(2)22/h5-10,12,21H,4,11H2,1-3H3,(H,20,23). The third kappa shape index (κ3) is 5.30. The number of methoxy groups -OCH3 is 1. The molecule has 0 saturated heterocycles. The highest BCUT2D eigenvalue weighted by Crippen LogP contribution is 2.28. The van der Waals surface area contributed by atoms with Gasteiger partial charge in [-0.1, -0.05) is 19.1 Å². The maximum Gasteiger partial charge on any atom is 0.266 e. The van der Waals surface area contributed by atoms with E-state index < -0.39 is 15.9 Å². The SMILES string of the molecule is CCCOc1ccc(C(=O)NNS(=O)(=O)c2ccc(C(C)=O)cc2)cc1OC. The Kier molecular flexibility index (Phi) is 7.13. The number of Topliss-reactive ketones (excluding diaryl/α,β-unsaturated/α-hetero) is 1. The molecular formula is C19H22N2O6S. The fourth-order valence-corrected chi connectivity index (χ4v) is 3.09. The second-order valence-corrected chi connectivity index (χ2v) is 7.54. The minimum atomic E-state index is -3.99. The third-order valence-corrected chi connectivity index (χ3v) is 5.02. The number of ether oxygens (including phenoxy) is 2. The van der Waals surface area contributed by atoms with Crippen LogP contribution in [0.2, 0.25) is 0 Å². The summed E-state index contributed by atoms with van der Waals surface area (Å²) in [4.78, 5) is 25.5. The predicted octanol–water partition coefficient (Wildman–Crippen LogP) is 2.31. The van der Waals surface area contributed by atoms with Crippen molar-refractivity contribution in [2.24, 2.45) is 0 Å². The smallest absolute Gasteiger partial charge is 0.266 e. The molecule has 2 aromatic rings. The lowest BCUT2D eigenvalue weighted by molar-refractivity contribution is 0.0944. The van der Waals surface area contributed by atoms with Crippen LogP contribution in [0.1, 0.15) is 41.0 Å². The van der Waals surface area contributed by atoms with Gasteiger partial charge in [0, 0.05) is 11.1 Å². The van der Waals surface area contributed by atoms with Gasteiger partial charge in [-0.2, -0.15) is 0 Å². The van der Waals surface area contributed by atoms with E-state index in [4.69, 9.17) is 9.47 Å². The second-order valence-electron chi connectivity index (χ2n) is 5.85. The van der Waals surface area contributed by atoms with Gasteiger partial charge in [0.1, 0.15) is 0 Å². The van der Waals surface area contributed by atoms with Crippen molar-refractivity contribution in [2.45, 2.75) is 25.2 Å². The molecule has 1 amide bonds. The number of hydrogen-bond donors (Lipinski definition) is 2. The summed E-state index contributed by atoms with van der Waals surface area (Å²) in [5.41, 5.74) is 2.73. The maximum absolute atomic E-state index is 12.3. The van der Waals surface area contributed by atoms with Crippen molar-refractivity contribution in [3.63, 3.8) is 0 Å². The summed E-state index contributed by atoms with van der Waals surface area (Å²) >= 11 is 0. The Morgan fingerprint density at radius 1 is 1.00 bits per heavy atom. The van der Waals surface area contributed by atoms with Crippen molar-refractivity contribution in [1.29, 1.82) is 0 Å². The number of hydrazine groups is 1. The first kappa shape index (κ1) is 21.4. The average Bonchev–Trinajstić information content (AvgIpc) is 2.70. The number of hydrogen-bond acceptors (Lipinski definition) is 6. The van der Waals surface area contributed by atoms with Crippen LogP contribution in [0, 0.1) is 0 Å². The zero-order valence-corrected chi connectivity index (χ0v) is 16.6. The Morgan fingerprint density at radius 2 is 1.64 bits per heavy atom. The molecule has 2 aromatic carbocycles. The van der Waals surface area contributed by atoms with Gasteiger partial charge in [-0.15, -0.1) is 4.83 Å². The van der Waals surface area contributed by atoms with Crippen LogP contribution < -0.4 is 19.7 Å². The van der Waals surface area contributed by atoms with Gasteiger partial charge in [-0.3, -0.25) is 15.0 Å². The van der Waals surface area contributed by atoms with Crippen molar-refractivity contribution in [1.82, 2.24) is 10.3 Å². The molecule has 0 heterocycles. The molecule has 0 aliphatic rings. The van der Waals surface area contributed by atoms with Crippen LogP contribution in [-0.2, 0) is 10.0 Å². The highest BCUT2D eigenvalue weighted by Gasteiger charge is 2.17. The van der Waals surface area contributed by atoms with E-state index in [0.29, 0.717) is 23.7 Å². The predicted molar refractivity (Wildman–Crippen MR) is 103 cm³/mol. The van der Waals surface area contributed by atoms with Crippen molar-refractivity contribution in [3.05, 3.63) is 53.6 Å². The maximum atomic E-state index is 12.3. The van der Waals surface area contributed by atoms with Crippen LogP contribution in [0.25, 0.3) is 0 Å². The van der Waals surface area contributed by atoms with E-state index in [2.05, 4.69) is 5.43 Å². The first-order chi connectivity index (χ1) is 13.3. The number of amides is 1. The first-order valence-electron chi connectivity index (χ1n) is 8.52. The van der Waals surface area contributed by atoms with Crippen LogP contribution in [0.15, 0.2) is 47.4 Å². The molecule has 0 radical (unpaired) electrons. The summed E-state index contributed by atoms with van der Waals surface area (Å²) in [6.45, 7) is 3.85. The molecule has 28 heavy (non-hydrogen) atoms. The molecule has 0 unspecified atom stereocenters. The van der Waals surface area contributed by atoms with Crippen molar-refractivity contribution < 1.29 is 27.5 Å². The van der Waals surface area contributed by atoms with Crippen LogP contribution in [0.4, 0.5) is 0 Å². The van der Waals surface area contributed by atoms with E-state index in [1.807, 2.05) is 11.8 Å².